The summed E-state index contributed by atoms with van der Waals surface area (Å²) in [5, 5.41) is 3.06. The van der Waals surface area contributed by atoms with Gasteiger partial charge in [-0.1, -0.05) is 18.9 Å². The van der Waals surface area contributed by atoms with Crippen molar-refractivity contribution in [2.24, 2.45) is 0 Å². The number of anilines is 1. The van der Waals surface area contributed by atoms with E-state index in [0.717, 1.165) is 37.0 Å². The van der Waals surface area contributed by atoms with E-state index in [9.17, 15) is 9.59 Å². The number of aromatic nitrogens is 2. The first-order chi connectivity index (χ1) is 13.6. The van der Waals surface area contributed by atoms with Crippen molar-refractivity contribution in [1.82, 2.24) is 9.97 Å². The first-order valence-corrected chi connectivity index (χ1v) is 9.58. The van der Waals surface area contributed by atoms with Crippen molar-refractivity contribution in [2.75, 3.05) is 18.5 Å². The van der Waals surface area contributed by atoms with E-state index in [-0.39, 0.29) is 11.6 Å². The summed E-state index contributed by atoms with van der Waals surface area (Å²) in [6, 6.07) is 11.2. The number of nitrogens with one attached hydrogen (secondary N) is 3. The molecule has 0 spiro atoms. The Morgan fingerprint density at radius 3 is 2.50 bits per heavy atom. The van der Waals surface area contributed by atoms with Crippen LogP contribution in [0.3, 0.4) is 0 Å². The first kappa shape index (κ1) is 16.9. The van der Waals surface area contributed by atoms with Gasteiger partial charge in [-0.3, -0.25) is 4.79 Å². The van der Waals surface area contributed by atoms with Crippen molar-refractivity contribution < 1.29 is 14.3 Å². The minimum Gasteiger partial charge on any atom is -0.486 e. The van der Waals surface area contributed by atoms with Gasteiger partial charge in [-0.25, -0.2) is 4.79 Å². The fourth-order valence-corrected chi connectivity index (χ4v) is 4.33. The van der Waals surface area contributed by atoms with E-state index in [1.807, 2.05) is 18.2 Å². The maximum atomic E-state index is 13.4. The highest BCUT2D eigenvalue weighted by atomic mass is 16.6. The number of carbonyl (C=O) groups is 1. The van der Waals surface area contributed by atoms with Gasteiger partial charge in [0.25, 0.3) is 0 Å². The van der Waals surface area contributed by atoms with Crippen LogP contribution >= 0.6 is 0 Å². The minimum atomic E-state index is -0.587. The van der Waals surface area contributed by atoms with Crippen LogP contribution in [0.4, 0.5) is 5.69 Å². The third-order valence-corrected chi connectivity index (χ3v) is 5.76. The number of carbonyl (C=O) groups excluding carboxylic acids is 1. The maximum absolute atomic E-state index is 13.4. The molecule has 1 fully saturated rings. The highest BCUT2D eigenvalue weighted by molar-refractivity contribution is 6.00. The predicted octanol–water partition coefficient (Wildman–Crippen LogP) is 3.08. The molecule has 1 saturated carbocycles. The molecule has 5 rings (SSSR count). The molecule has 1 aliphatic carbocycles. The number of fused-ring (bicyclic) bond motifs is 2. The molecule has 3 aromatic rings. The molecule has 0 unspecified atom stereocenters. The van der Waals surface area contributed by atoms with Gasteiger partial charge in [0.15, 0.2) is 11.5 Å². The molecule has 7 nitrogen and oxygen atoms in total. The van der Waals surface area contributed by atoms with Gasteiger partial charge in [-0.05, 0) is 48.7 Å². The molecule has 2 aromatic carbocycles. The Morgan fingerprint density at radius 1 is 0.929 bits per heavy atom. The summed E-state index contributed by atoms with van der Waals surface area (Å²) in [4.78, 5) is 30.3. The van der Waals surface area contributed by atoms with Gasteiger partial charge in [0.05, 0.1) is 16.4 Å². The van der Waals surface area contributed by atoms with Crippen molar-refractivity contribution in [3.63, 3.8) is 0 Å². The van der Waals surface area contributed by atoms with Crippen LogP contribution in [0.2, 0.25) is 0 Å². The summed E-state index contributed by atoms with van der Waals surface area (Å²) in [6.45, 7) is 1.06. The van der Waals surface area contributed by atoms with Crippen LogP contribution in [-0.2, 0) is 10.2 Å². The third kappa shape index (κ3) is 2.74. The molecule has 1 aliphatic heterocycles. The second-order valence-corrected chi connectivity index (χ2v) is 7.44. The lowest BCUT2D eigenvalue weighted by Gasteiger charge is -2.30. The molecule has 0 saturated heterocycles. The molecule has 2 heterocycles. The highest BCUT2D eigenvalue weighted by Gasteiger charge is 2.43. The molecule has 144 valence electrons. The van der Waals surface area contributed by atoms with Crippen LogP contribution in [0, 0.1) is 0 Å². The van der Waals surface area contributed by atoms with Crippen LogP contribution in [0.15, 0.2) is 41.2 Å². The maximum Gasteiger partial charge on any atom is 0.323 e. The standard InChI is InChI=1S/C21H21N3O4/c25-19(22-14-4-5-15-16(12-14)24-20(26)23-15)21(7-1-2-8-21)13-3-6-17-18(11-13)28-10-9-27-17/h3-6,11-12H,1-2,7-10H2,(H,22,25)(H2,23,24,26). The molecular formula is C21H21N3O4. The third-order valence-electron chi connectivity index (χ3n) is 5.76. The van der Waals surface area contributed by atoms with Crippen molar-refractivity contribution in [2.45, 2.75) is 31.1 Å². The van der Waals surface area contributed by atoms with E-state index in [1.54, 1.807) is 18.2 Å². The second-order valence-electron chi connectivity index (χ2n) is 7.44. The SMILES string of the molecule is O=C(Nc1ccc2[nH]c(=O)[nH]c2c1)C1(c2ccc3c(c2)OCCO3)CCCC1. The van der Waals surface area contributed by atoms with Gasteiger partial charge < -0.3 is 24.8 Å². The van der Waals surface area contributed by atoms with Crippen molar-refractivity contribution in [1.29, 1.82) is 0 Å². The Balaban J connectivity index is 1.48. The molecule has 1 aromatic heterocycles. The zero-order valence-corrected chi connectivity index (χ0v) is 15.3. The van der Waals surface area contributed by atoms with E-state index in [1.165, 1.54) is 0 Å². The average Bonchev–Trinajstić information content (AvgIpc) is 3.34. The van der Waals surface area contributed by atoms with E-state index < -0.39 is 5.41 Å². The summed E-state index contributed by atoms with van der Waals surface area (Å²) in [5.41, 5.74) is 2.16. The molecule has 0 radical (unpaired) electrons. The van der Waals surface area contributed by atoms with Crippen molar-refractivity contribution in [3.05, 3.63) is 52.4 Å². The minimum absolute atomic E-state index is 0.0288. The van der Waals surface area contributed by atoms with Gasteiger partial charge >= 0.3 is 5.69 Å². The fraction of sp³-hybridized carbons (Fsp3) is 0.333. The van der Waals surface area contributed by atoms with Crippen molar-refractivity contribution in [3.8, 4) is 11.5 Å². The number of H-pyrrole nitrogens is 2. The Kier molecular flexibility index (Phi) is 3.89. The molecule has 0 bridgehead atoms. The molecule has 1 amide bonds. The van der Waals surface area contributed by atoms with Gasteiger partial charge in [-0.15, -0.1) is 0 Å². The quantitative estimate of drug-likeness (QED) is 0.652. The number of aromatic amines is 2. The number of benzene rings is 2. The number of hydrogen-bond acceptors (Lipinski definition) is 4. The second kappa shape index (κ2) is 6.44. The monoisotopic (exact) mass is 379 g/mol. The molecule has 28 heavy (non-hydrogen) atoms. The number of amides is 1. The smallest absolute Gasteiger partial charge is 0.323 e. The van der Waals surface area contributed by atoms with Crippen LogP contribution < -0.4 is 20.5 Å². The van der Waals surface area contributed by atoms with Gasteiger partial charge in [0, 0.05) is 5.69 Å². The summed E-state index contributed by atoms with van der Waals surface area (Å²) in [6.07, 6.45) is 3.60. The topological polar surface area (TPSA) is 96.2 Å². The zero-order valence-electron chi connectivity index (χ0n) is 15.3. The number of rotatable bonds is 3. The number of ether oxygens (including phenoxy) is 2. The Hall–Kier alpha value is -3.22. The van der Waals surface area contributed by atoms with Gasteiger partial charge in [0.2, 0.25) is 5.91 Å². The Labute approximate surface area is 161 Å². The van der Waals surface area contributed by atoms with Crippen molar-refractivity contribution >= 4 is 22.6 Å². The Bertz CT molecular complexity index is 1110. The molecule has 7 heteroatoms. The number of hydrogen-bond donors (Lipinski definition) is 3. The Morgan fingerprint density at radius 2 is 1.68 bits per heavy atom. The summed E-state index contributed by atoms with van der Waals surface area (Å²) in [7, 11) is 0. The predicted molar refractivity (Wildman–Crippen MR) is 105 cm³/mol. The summed E-state index contributed by atoms with van der Waals surface area (Å²) >= 11 is 0. The van der Waals surface area contributed by atoms with Gasteiger partial charge in [-0.2, -0.15) is 0 Å². The molecular weight excluding hydrogens is 358 g/mol. The van der Waals surface area contributed by atoms with Gasteiger partial charge in [0.1, 0.15) is 13.2 Å². The lowest BCUT2D eigenvalue weighted by molar-refractivity contribution is -0.121. The summed E-state index contributed by atoms with van der Waals surface area (Å²) < 4.78 is 11.3. The molecule has 2 aliphatic rings. The summed E-state index contributed by atoms with van der Waals surface area (Å²) in [5.74, 6) is 1.40. The van der Waals surface area contributed by atoms with E-state index in [2.05, 4.69) is 15.3 Å². The normalized spacial score (nSPS) is 17.6. The van der Waals surface area contributed by atoms with E-state index >= 15 is 0 Å². The molecule has 3 N–H and O–H groups in total. The lowest BCUT2D eigenvalue weighted by Crippen LogP contribution is -2.38. The van der Waals surface area contributed by atoms with Crippen LogP contribution in [0.25, 0.3) is 11.0 Å². The number of imidazole rings is 1. The van der Waals surface area contributed by atoms with E-state index in [4.69, 9.17) is 9.47 Å². The largest absolute Gasteiger partial charge is 0.486 e. The average molecular weight is 379 g/mol. The molecule has 0 atom stereocenters. The lowest BCUT2D eigenvalue weighted by atomic mass is 9.77. The van der Waals surface area contributed by atoms with Crippen LogP contribution in [-0.4, -0.2) is 29.1 Å². The zero-order chi connectivity index (χ0) is 19.1. The fourth-order valence-electron chi connectivity index (χ4n) is 4.33. The van der Waals surface area contributed by atoms with E-state index in [0.29, 0.717) is 35.7 Å². The first-order valence-electron chi connectivity index (χ1n) is 9.58. The van der Waals surface area contributed by atoms with Crippen LogP contribution in [0.5, 0.6) is 11.5 Å². The van der Waals surface area contributed by atoms with Crippen LogP contribution in [0.1, 0.15) is 31.2 Å². The highest BCUT2D eigenvalue weighted by Crippen LogP contribution is 2.45.